The fourth-order valence-electron chi connectivity index (χ4n) is 2.38. The SMILES string of the molecule is CC(NC(C)c1ccc(Cl)c(F)c1)C(=O)N1CCOCC1. The smallest absolute Gasteiger partial charge is 0.239 e. The standard InChI is InChI=1S/C15H20ClFN2O2/c1-10(12-3-4-13(16)14(17)9-12)18-11(2)15(20)19-5-7-21-8-6-19/h3-4,9-11,18H,5-8H2,1-2H3. The number of carbonyl (C=O) groups is 1. The highest BCUT2D eigenvalue weighted by Gasteiger charge is 2.23. The molecule has 1 heterocycles. The topological polar surface area (TPSA) is 41.6 Å². The second-order valence-electron chi connectivity index (χ2n) is 5.22. The zero-order valence-electron chi connectivity index (χ0n) is 12.2. The normalized spacial score (nSPS) is 18.4. The third-order valence-electron chi connectivity index (χ3n) is 3.64. The average molecular weight is 315 g/mol. The van der Waals surface area contributed by atoms with Crippen molar-refractivity contribution in [3.63, 3.8) is 0 Å². The molecule has 1 amide bonds. The molecule has 1 fully saturated rings. The molecule has 6 heteroatoms. The van der Waals surface area contributed by atoms with Crippen LogP contribution in [-0.4, -0.2) is 43.2 Å². The van der Waals surface area contributed by atoms with Crippen molar-refractivity contribution in [2.24, 2.45) is 0 Å². The summed E-state index contributed by atoms with van der Waals surface area (Å²) >= 11 is 5.68. The van der Waals surface area contributed by atoms with Gasteiger partial charge in [0.05, 0.1) is 24.3 Å². The molecule has 1 aliphatic heterocycles. The molecule has 1 aliphatic rings. The fourth-order valence-corrected chi connectivity index (χ4v) is 2.50. The van der Waals surface area contributed by atoms with Crippen LogP contribution in [0.25, 0.3) is 0 Å². The summed E-state index contributed by atoms with van der Waals surface area (Å²) in [5.41, 5.74) is 0.763. The van der Waals surface area contributed by atoms with Crippen LogP contribution < -0.4 is 5.32 Å². The van der Waals surface area contributed by atoms with E-state index < -0.39 is 5.82 Å². The van der Waals surface area contributed by atoms with Crippen molar-refractivity contribution < 1.29 is 13.9 Å². The van der Waals surface area contributed by atoms with Crippen LogP contribution in [0.4, 0.5) is 4.39 Å². The Balaban J connectivity index is 1.95. The van der Waals surface area contributed by atoms with Gasteiger partial charge in [0.1, 0.15) is 5.82 Å². The van der Waals surface area contributed by atoms with E-state index in [0.717, 1.165) is 5.56 Å². The van der Waals surface area contributed by atoms with E-state index in [4.69, 9.17) is 16.3 Å². The number of hydrogen-bond donors (Lipinski definition) is 1. The molecular formula is C15H20ClFN2O2. The largest absolute Gasteiger partial charge is 0.378 e. The summed E-state index contributed by atoms with van der Waals surface area (Å²) < 4.78 is 18.7. The van der Waals surface area contributed by atoms with Crippen LogP contribution in [0.1, 0.15) is 25.5 Å². The van der Waals surface area contributed by atoms with E-state index in [1.807, 2.05) is 13.8 Å². The molecule has 0 saturated carbocycles. The van der Waals surface area contributed by atoms with E-state index in [1.54, 1.807) is 11.0 Å². The molecule has 0 aromatic heterocycles. The Morgan fingerprint density at radius 2 is 2.05 bits per heavy atom. The summed E-state index contributed by atoms with van der Waals surface area (Å²) in [7, 11) is 0. The van der Waals surface area contributed by atoms with Crippen molar-refractivity contribution in [2.45, 2.75) is 25.9 Å². The van der Waals surface area contributed by atoms with Gasteiger partial charge in [0.25, 0.3) is 0 Å². The summed E-state index contributed by atoms with van der Waals surface area (Å²) in [5, 5.41) is 3.30. The van der Waals surface area contributed by atoms with Gasteiger partial charge in [-0.15, -0.1) is 0 Å². The maximum atomic E-state index is 13.5. The van der Waals surface area contributed by atoms with Gasteiger partial charge < -0.3 is 9.64 Å². The lowest BCUT2D eigenvalue weighted by Crippen LogP contribution is -2.49. The number of nitrogens with zero attached hydrogens (tertiary/aromatic N) is 1. The Labute approximate surface area is 129 Å². The zero-order valence-corrected chi connectivity index (χ0v) is 13.0. The predicted octanol–water partition coefficient (Wildman–Crippen LogP) is 2.38. The lowest BCUT2D eigenvalue weighted by Gasteiger charge is -2.30. The van der Waals surface area contributed by atoms with Crippen LogP contribution in [0.2, 0.25) is 5.02 Å². The molecule has 21 heavy (non-hydrogen) atoms. The summed E-state index contributed by atoms with van der Waals surface area (Å²) in [6, 6.07) is 4.20. The van der Waals surface area contributed by atoms with Crippen molar-refractivity contribution in [3.05, 3.63) is 34.6 Å². The summed E-state index contributed by atoms with van der Waals surface area (Å²) in [4.78, 5) is 14.1. The number of amides is 1. The van der Waals surface area contributed by atoms with Crippen molar-refractivity contribution >= 4 is 17.5 Å². The maximum Gasteiger partial charge on any atom is 0.239 e. The number of rotatable bonds is 4. The van der Waals surface area contributed by atoms with E-state index in [2.05, 4.69) is 5.32 Å². The molecule has 1 saturated heterocycles. The van der Waals surface area contributed by atoms with Gasteiger partial charge in [-0.1, -0.05) is 17.7 Å². The first-order valence-electron chi connectivity index (χ1n) is 7.06. The van der Waals surface area contributed by atoms with E-state index in [0.29, 0.717) is 26.3 Å². The van der Waals surface area contributed by atoms with Crippen molar-refractivity contribution in [3.8, 4) is 0 Å². The Morgan fingerprint density at radius 1 is 1.38 bits per heavy atom. The zero-order chi connectivity index (χ0) is 15.4. The van der Waals surface area contributed by atoms with Crippen molar-refractivity contribution in [1.29, 1.82) is 0 Å². The molecule has 0 bridgehead atoms. The Morgan fingerprint density at radius 3 is 2.67 bits per heavy atom. The number of nitrogens with one attached hydrogen (secondary N) is 1. The molecule has 1 aromatic rings. The lowest BCUT2D eigenvalue weighted by atomic mass is 10.1. The first-order valence-corrected chi connectivity index (χ1v) is 7.44. The highest BCUT2D eigenvalue weighted by atomic mass is 35.5. The highest BCUT2D eigenvalue weighted by Crippen LogP contribution is 2.20. The molecule has 2 atom stereocenters. The van der Waals surface area contributed by atoms with Crippen molar-refractivity contribution in [2.75, 3.05) is 26.3 Å². The predicted molar refractivity (Wildman–Crippen MR) is 79.8 cm³/mol. The van der Waals surface area contributed by atoms with Crippen LogP contribution in [0.5, 0.6) is 0 Å². The van der Waals surface area contributed by atoms with Crippen molar-refractivity contribution in [1.82, 2.24) is 10.2 Å². The molecule has 0 spiro atoms. The molecule has 4 nitrogen and oxygen atoms in total. The monoisotopic (exact) mass is 314 g/mol. The van der Waals surface area contributed by atoms with Gasteiger partial charge in [0, 0.05) is 19.1 Å². The average Bonchev–Trinajstić information content (AvgIpc) is 2.50. The van der Waals surface area contributed by atoms with Gasteiger partial charge in [-0.25, -0.2) is 4.39 Å². The summed E-state index contributed by atoms with van der Waals surface area (Å²) in [5.74, 6) is -0.408. The third kappa shape index (κ3) is 4.15. The first kappa shape index (κ1) is 16.2. The van der Waals surface area contributed by atoms with Crippen LogP contribution in [0.15, 0.2) is 18.2 Å². The van der Waals surface area contributed by atoms with E-state index >= 15 is 0 Å². The third-order valence-corrected chi connectivity index (χ3v) is 3.94. The number of hydrogen-bond acceptors (Lipinski definition) is 3. The number of carbonyl (C=O) groups excluding carboxylic acids is 1. The Hall–Kier alpha value is -1.17. The van der Waals surface area contributed by atoms with Gasteiger partial charge >= 0.3 is 0 Å². The number of halogens is 2. The van der Waals surface area contributed by atoms with Crippen LogP contribution in [0.3, 0.4) is 0 Å². The summed E-state index contributed by atoms with van der Waals surface area (Å²) in [6.45, 7) is 6.11. The van der Waals surface area contributed by atoms with E-state index in [9.17, 15) is 9.18 Å². The Bertz CT molecular complexity index is 506. The highest BCUT2D eigenvalue weighted by molar-refractivity contribution is 6.30. The lowest BCUT2D eigenvalue weighted by molar-refractivity contribution is -0.137. The number of morpholine rings is 1. The minimum absolute atomic E-state index is 0.0413. The van der Waals surface area contributed by atoms with Crippen LogP contribution >= 0.6 is 11.6 Å². The molecule has 2 rings (SSSR count). The second kappa shape index (κ2) is 7.20. The van der Waals surface area contributed by atoms with E-state index in [1.165, 1.54) is 12.1 Å². The maximum absolute atomic E-state index is 13.5. The fraction of sp³-hybridized carbons (Fsp3) is 0.533. The number of benzene rings is 1. The Kier molecular flexibility index (Phi) is 5.56. The van der Waals surface area contributed by atoms with Gasteiger partial charge in [0.15, 0.2) is 0 Å². The van der Waals surface area contributed by atoms with Gasteiger partial charge in [-0.2, -0.15) is 0 Å². The molecule has 116 valence electrons. The minimum atomic E-state index is -0.449. The second-order valence-corrected chi connectivity index (χ2v) is 5.63. The van der Waals surface area contributed by atoms with Gasteiger partial charge in [0.2, 0.25) is 5.91 Å². The molecule has 0 aliphatic carbocycles. The molecule has 1 aromatic carbocycles. The van der Waals surface area contributed by atoms with Gasteiger partial charge in [-0.05, 0) is 31.5 Å². The summed E-state index contributed by atoms with van der Waals surface area (Å²) in [6.07, 6.45) is 0. The molecular weight excluding hydrogens is 295 g/mol. The number of ether oxygens (including phenoxy) is 1. The van der Waals surface area contributed by atoms with Crippen LogP contribution in [0, 0.1) is 5.82 Å². The quantitative estimate of drug-likeness (QED) is 0.928. The van der Waals surface area contributed by atoms with Gasteiger partial charge in [-0.3, -0.25) is 10.1 Å². The molecule has 2 unspecified atom stereocenters. The van der Waals surface area contributed by atoms with E-state index in [-0.39, 0.29) is 23.0 Å². The first-order chi connectivity index (χ1) is 9.99. The van der Waals surface area contributed by atoms with Crippen LogP contribution in [-0.2, 0) is 9.53 Å². The molecule has 1 N–H and O–H groups in total. The minimum Gasteiger partial charge on any atom is -0.378 e. The molecule has 0 radical (unpaired) electrons.